The Labute approximate surface area is 128 Å². The summed E-state index contributed by atoms with van der Waals surface area (Å²) in [6.45, 7) is 16.8. The highest BCUT2D eigenvalue weighted by atomic mass is 16.7. The highest BCUT2D eigenvalue weighted by Gasteiger charge is 2.74. The molecule has 1 N–H and O–H groups in total. The second kappa shape index (κ2) is 4.06. The summed E-state index contributed by atoms with van der Waals surface area (Å²) in [6.07, 6.45) is 0. The van der Waals surface area contributed by atoms with Gasteiger partial charge >= 0.3 is 14.0 Å². The van der Waals surface area contributed by atoms with E-state index in [1.807, 2.05) is 27.7 Å². The second-order valence-electron chi connectivity index (χ2n) is 8.15. The third-order valence-electron chi connectivity index (χ3n) is 6.75. The molecule has 5 atom stereocenters. The standard InChI is InChI=1S/C14H27B2NO4/c1-9-13(7)11(3,4)19-15(18)16-20-12(5,6)14(8,21-16)10(2)17(9)13/h9-10,18H,1-8H3. The number of fused-ring (bicyclic) bond motifs is 3. The molecule has 3 fully saturated rings. The van der Waals surface area contributed by atoms with Crippen molar-refractivity contribution in [2.24, 2.45) is 0 Å². The molecule has 0 aromatic rings. The van der Waals surface area contributed by atoms with Gasteiger partial charge in [-0.05, 0) is 55.4 Å². The minimum absolute atomic E-state index is 0.125. The van der Waals surface area contributed by atoms with Crippen molar-refractivity contribution in [1.29, 1.82) is 0 Å². The van der Waals surface area contributed by atoms with Crippen LogP contribution >= 0.6 is 0 Å². The van der Waals surface area contributed by atoms with Crippen molar-refractivity contribution in [3.05, 3.63) is 0 Å². The fourth-order valence-electron chi connectivity index (χ4n) is 4.41. The van der Waals surface area contributed by atoms with E-state index in [1.165, 1.54) is 0 Å². The number of nitrogens with zero attached hydrogens (tertiary/aromatic N) is 1. The Kier molecular flexibility index (Phi) is 3.06. The predicted molar refractivity (Wildman–Crippen MR) is 82.7 cm³/mol. The van der Waals surface area contributed by atoms with Crippen LogP contribution in [0.2, 0.25) is 0 Å². The van der Waals surface area contributed by atoms with E-state index in [2.05, 4.69) is 32.6 Å². The van der Waals surface area contributed by atoms with Crippen LogP contribution in [0.3, 0.4) is 0 Å². The van der Waals surface area contributed by atoms with Gasteiger partial charge in [0.1, 0.15) is 0 Å². The molecule has 3 heterocycles. The van der Waals surface area contributed by atoms with Crippen LogP contribution in [0, 0.1) is 0 Å². The highest BCUT2D eigenvalue weighted by molar-refractivity contribution is 7.10. The molecular weight excluding hydrogens is 268 g/mol. The average Bonchev–Trinajstić information content (AvgIpc) is 2.78. The highest BCUT2D eigenvalue weighted by Crippen LogP contribution is 2.56. The van der Waals surface area contributed by atoms with E-state index in [4.69, 9.17) is 14.0 Å². The van der Waals surface area contributed by atoms with Crippen molar-refractivity contribution in [1.82, 2.24) is 4.90 Å². The summed E-state index contributed by atoms with van der Waals surface area (Å²) in [5.74, 6) is 0. The third kappa shape index (κ3) is 1.73. The topological polar surface area (TPSA) is 50.9 Å². The van der Waals surface area contributed by atoms with Gasteiger partial charge in [-0.1, -0.05) is 0 Å². The maximum atomic E-state index is 10.4. The van der Waals surface area contributed by atoms with E-state index in [0.29, 0.717) is 6.04 Å². The van der Waals surface area contributed by atoms with Crippen LogP contribution < -0.4 is 0 Å². The van der Waals surface area contributed by atoms with Crippen LogP contribution in [0.4, 0.5) is 0 Å². The first-order chi connectivity index (χ1) is 9.38. The van der Waals surface area contributed by atoms with Crippen molar-refractivity contribution in [2.75, 3.05) is 0 Å². The van der Waals surface area contributed by atoms with Gasteiger partial charge in [0.2, 0.25) is 0 Å². The minimum atomic E-state index is -1.09. The summed E-state index contributed by atoms with van der Waals surface area (Å²) in [6, 6.07) is 0.522. The second-order valence-corrected chi connectivity index (χ2v) is 8.15. The molecule has 3 aliphatic heterocycles. The molecule has 5 unspecified atom stereocenters. The molecule has 0 spiro atoms. The lowest BCUT2D eigenvalue weighted by Crippen LogP contribution is -2.58. The van der Waals surface area contributed by atoms with Crippen LogP contribution in [-0.2, 0) is 14.0 Å². The zero-order valence-electron chi connectivity index (χ0n) is 14.4. The van der Waals surface area contributed by atoms with Crippen LogP contribution in [0.1, 0.15) is 55.4 Å². The van der Waals surface area contributed by atoms with Crippen LogP contribution in [0.5, 0.6) is 0 Å². The first-order valence-corrected chi connectivity index (χ1v) is 7.88. The normalized spacial score (nSPS) is 51.0. The van der Waals surface area contributed by atoms with Crippen LogP contribution in [0.25, 0.3) is 0 Å². The monoisotopic (exact) mass is 295 g/mol. The van der Waals surface area contributed by atoms with Crippen molar-refractivity contribution < 1.29 is 19.0 Å². The number of hydrogen-bond acceptors (Lipinski definition) is 5. The van der Waals surface area contributed by atoms with Gasteiger partial charge in [-0.3, -0.25) is 4.90 Å². The Morgan fingerprint density at radius 2 is 1.43 bits per heavy atom. The lowest BCUT2D eigenvalue weighted by atomic mass is 9.48. The molecule has 3 aliphatic rings. The van der Waals surface area contributed by atoms with E-state index in [0.717, 1.165) is 0 Å². The lowest BCUT2D eigenvalue weighted by Gasteiger charge is -2.44. The Bertz CT molecular complexity index is 474. The molecule has 2 bridgehead atoms. The molecule has 0 aliphatic carbocycles. The predicted octanol–water partition coefficient (Wildman–Crippen LogP) is 1.28. The lowest BCUT2D eigenvalue weighted by molar-refractivity contribution is -0.0625. The SMILES string of the molecule is CC1N2C(C)C2(C)C(C)(C)OB(O)B2OC(C)(C)C1(C)O2. The molecule has 7 heteroatoms. The van der Waals surface area contributed by atoms with Gasteiger partial charge in [0.05, 0.1) is 22.3 Å². The van der Waals surface area contributed by atoms with Gasteiger partial charge in [-0.15, -0.1) is 0 Å². The minimum Gasteiger partial charge on any atom is -0.429 e. The molecule has 0 saturated carbocycles. The molecular formula is C14H27B2NO4. The van der Waals surface area contributed by atoms with Crippen molar-refractivity contribution in [3.8, 4) is 0 Å². The molecule has 21 heavy (non-hydrogen) atoms. The Hall–Kier alpha value is -0.0701. The smallest absolute Gasteiger partial charge is 0.429 e. The quantitative estimate of drug-likeness (QED) is 0.539. The van der Waals surface area contributed by atoms with Crippen molar-refractivity contribution in [3.63, 3.8) is 0 Å². The summed E-state index contributed by atoms with van der Waals surface area (Å²) in [7, 11) is -1.83. The first-order valence-electron chi connectivity index (χ1n) is 7.88. The van der Waals surface area contributed by atoms with Gasteiger partial charge in [-0.25, -0.2) is 0 Å². The molecule has 0 aromatic carbocycles. The Balaban J connectivity index is 2.08. The fourth-order valence-corrected chi connectivity index (χ4v) is 4.41. The Morgan fingerprint density at radius 1 is 0.857 bits per heavy atom. The molecule has 0 aromatic heterocycles. The zero-order chi connectivity index (χ0) is 16.0. The van der Waals surface area contributed by atoms with Gasteiger partial charge in [-0.2, -0.15) is 0 Å². The number of hydrogen-bond donors (Lipinski definition) is 1. The fraction of sp³-hybridized carbons (Fsp3) is 1.00. The van der Waals surface area contributed by atoms with Crippen LogP contribution in [0.15, 0.2) is 0 Å². The van der Waals surface area contributed by atoms with Crippen molar-refractivity contribution in [2.45, 2.75) is 89.8 Å². The van der Waals surface area contributed by atoms with Crippen molar-refractivity contribution >= 4 is 14.0 Å². The van der Waals surface area contributed by atoms with Gasteiger partial charge < -0.3 is 19.0 Å². The summed E-state index contributed by atoms with van der Waals surface area (Å²) >= 11 is 0. The molecule has 5 nitrogen and oxygen atoms in total. The van der Waals surface area contributed by atoms with Crippen LogP contribution in [-0.4, -0.2) is 58.4 Å². The summed E-state index contributed by atoms with van der Waals surface area (Å²) in [5, 5.41) is 10.4. The molecule has 0 radical (unpaired) electrons. The molecule has 3 saturated heterocycles. The maximum Gasteiger partial charge on any atom is 0.488 e. The molecule has 118 valence electrons. The van der Waals surface area contributed by atoms with E-state index in [9.17, 15) is 5.02 Å². The first kappa shape index (κ1) is 15.8. The molecule has 0 amide bonds. The van der Waals surface area contributed by atoms with E-state index in [-0.39, 0.29) is 11.6 Å². The summed E-state index contributed by atoms with van der Waals surface area (Å²) in [5.41, 5.74) is -1.61. The zero-order valence-corrected chi connectivity index (χ0v) is 14.4. The van der Waals surface area contributed by atoms with E-state index < -0.39 is 30.8 Å². The van der Waals surface area contributed by atoms with Gasteiger partial charge in [0.25, 0.3) is 0 Å². The van der Waals surface area contributed by atoms with E-state index >= 15 is 0 Å². The average molecular weight is 295 g/mol. The number of rotatable bonds is 0. The van der Waals surface area contributed by atoms with E-state index in [1.54, 1.807) is 0 Å². The molecule has 3 rings (SSSR count). The largest absolute Gasteiger partial charge is 0.488 e. The summed E-state index contributed by atoms with van der Waals surface area (Å²) < 4.78 is 18.1. The third-order valence-corrected chi connectivity index (χ3v) is 6.75. The van der Waals surface area contributed by atoms with Gasteiger partial charge in [0.15, 0.2) is 0 Å². The maximum absolute atomic E-state index is 10.4. The summed E-state index contributed by atoms with van der Waals surface area (Å²) in [4.78, 5) is 2.43. The van der Waals surface area contributed by atoms with Gasteiger partial charge in [0, 0.05) is 12.1 Å². The Morgan fingerprint density at radius 3 is 2.00 bits per heavy atom.